The molecule has 0 bridgehead atoms. The highest BCUT2D eigenvalue weighted by Gasteiger charge is 2.37. The Labute approximate surface area is 233 Å². The minimum Gasteiger partial charge on any atom is -0.405 e. The Kier molecular flexibility index (Phi) is 6.35. The van der Waals surface area contributed by atoms with Crippen LogP contribution in [0.1, 0.15) is 35.7 Å². The molecule has 0 radical (unpaired) electrons. The van der Waals surface area contributed by atoms with Crippen molar-refractivity contribution in [2.75, 3.05) is 0 Å². The number of aryl methyl sites for hydroxylation is 2. The van der Waals surface area contributed by atoms with Crippen molar-refractivity contribution in [3.63, 3.8) is 0 Å². The topological polar surface area (TPSA) is 99.4 Å². The van der Waals surface area contributed by atoms with Crippen LogP contribution < -0.4 is 10.4 Å². The van der Waals surface area contributed by atoms with Gasteiger partial charge in [0, 0.05) is 38.0 Å². The van der Waals surface area contributed by atoms with Gasteiger partial charge >= 0.3 is 12.5 Å². The Hall–Kier alpha value is -4.69. The predicted molar refractivity (Wildman–Crippen MR) is 137 cm³/mol. The summed E-state index contributed by atoms with van der Waals surface area (Å²) in [5.74, 6) is -0.354. The van der Waals surface area contributed by atoms with Crippen LogP contribution >= 0.6 is 0 Å². The van der Waals surface area contributed by atoms with Gasteiger partial charge in [0.05, 0.1) is 24.0 Å². The third kappa shape index (κ3) is 5.10. The van der Waals surface area contributed by atoms with Crippen LogP contribution in [0.3, 0.4) is 0 Å². The maximum absolute atomic E-state index is 13.2. The normalized spacial score (nSPS) is 14.1. The summed E-state index contributed by atoms with van der Waals surface area (Å²) in [5, 5.41) is 8.65. The van der Waals surface area contributed by atoms with Gasteiger partial charge < -0.3 is 13.9 Å². The van der Waals surface area contributed by atoms with Crippen LogP contribution in [0.25, 0.3) is 33.9 Å². The van der Waals surface area contributed by atoms with Crippen molar-refractivity contribution in [2.24, 2.45) is 14.1 Å². The molecule has 0 aliphatic heterocycles. The number of imidazole rings is 2. The fraction of sp³-hybridized carbons (Fsp3) is 0.296. The number of hydrogen-bond donors (Lipinski definition) is 1. The summed E-state index contributed by atoms with van der Waals surface area (Å²) in [6, 6.07) is 7.79. The summed E-state index contributed by atoms with van der Waals surface area (Å²) in [6.45, 7) is 0.149. The molecule has 42 heavy (non-hydrogen) atoms. The lowest BCUT2D eigenvalue weighted by Crippen LogP contribution is -2.23. The Morgan fingerprint density at radius 3 is 2.31 bits per heavy atom. The van der Waals surface area contributed by atoms with Gasteiger partial charge in [0.15, 0.2) is 17.2 Å². The fourth-order valence-corrected chi connectivity index (χ4v) is 4.84. The quantitative estimate of drug-likeness (QED) is 0.262. The maximum atomic E-state index is 13.2. The number of rotatable bonds is 6. The van der Waals surface area contributed by atoms with Crippen LogP contribution in [0.2, 0.25) is 0 Å². The van der Waals surface area contributed by atoms with E-state index in [1.807, 2.05) is 0 Å². The van der Waals surface area contributed by atoms with Gasteiger partial charge in [-0.2, -0.15) is 13.2 Å². The van der Waals surface area contributed by atoms with E-state index in [-0.39, 0.29) is 35.3 Å². The molecule has 0 spiro atoms. The van der Waals surface area contributed by atoms with Gasteiger partial charge in [-0.15, -0.1) is 13.2 Å². The molecule has 15 heteroatoms. The number of ether oxygens (including phenoxy) is 1. The molecule has 6 rings (SSSR count). The monoisotopic (exact) mass is 588 g/mol. The second-order valence-corrected chi connectivity index (χ2v) is 10.0. The molecule has 0 saturated heterocycles. The number of fused-ring (bicyclic) bond motifs is 1. The lowest BCUT2D eigenvalue weighted by atomic mass is 10.1. The van der Waals surface area contributed by atoms with Crippen LogP contribution in [-0.4, -0.2) is 40.0 Å². The van der Waals surface area contributed by atoms with Gasteiger partial charge in [-0.3, -0.25) is 15.0 Å². The molecule has 218 valence electrons. The number of nitrogens with one attached hydrogen (secondary N) is 1. The van der Waals surface area contributed by atoms with Crippen molar-refractivity contribution in [3.05, 3.63) is 71.5 Å². The number of benzene rings is 1. The predicted octanol–water partition coefficient (Wildman–Crippen LogP) is 5.55. The molecule has 1 aromatic carbocycles. The molecule has 0 atom stereocenters. The molecule has 4 aromatic heterocycles. The molecular formula is C27H22F6N8O. The highest BCUT2D eigenvalue weighted by Crippen LogP contribution is 2.46. The summed E-state index contributed by atoms with van der Waals surface area (Å²) >= 11 is 0. The Morgan fingerprint density at radius 2 is 1.69 bits per heavy atom. The zero-order valence-corrected chi connectivity index (χ0v) is 22.1. The Bertz CT molecular complexity index is 1860. The molecule has 0 unspecified atom stereocenters. The van der Waals surface area contributed by atoms with Gasteiger partial charge in [0.2, 0.25) is 5.62 Å². The third-order valence-corrected chi connectivity index (χ3v) is 7.02. The summed E-state index contributed by atoms with van der Waals surface area (Å²) < 4.78 is 87.7. The number of aromatic nitrogens is 7. The molecule has 5 aromatic rings. The Morgan fingerprint density at radius 1 is 0.976 bits per heavy atom. The standard InChI is InChI=1S/C27H22F6N8O/c1-39-13-19(26(28,29)30)37-23(39)16-5-3-14(4-6-16)12-41-24-17(40(2)25(41)34)11-36-22(38-24)20-18(42-27(31,32)33)9-10-35-21(20)15-7-8-15/h3-6,9-11,13,15,34H,7-8,12H2,1-2H3. The average molecular weight is 589 g/mol. The van der Waals surface area contributed by atoms with Gasteiger partial charge in [0.25, 0.3) is 0 Å². The fourth-order valence-electron chi connectivity index (χ4n) is 4.84. The van der Waals surface area contributed by atoms with E-state index in [1.165, 1.54) is 28.6 Å². The maximum Gasteiger partial charge on any atom is 0.573 e. The van der Waals surface area contributed by atoms with E-state index >= 15 is 0 Å². The highest BCUT2D eigenvalue weighted by molar-refractivity contribution is 5.76. The van der Waals surface area contributed by atoms with E-state index in [9.17, 15) is 26.3 Å². The number of pyridine rings is 1. The SMILES string of the molecule is Cn1cc(C(F)(F)F)nc1-c1ccc(Cn2c(=N)n(C)c3cnc(-c4c(OC(F)(F)F)ccnc4C4CC4)nc32)cc1. The zero-order chi connectivity index (χ0) is 30.0. The molecule has 4 heterocycles. The number of nitrogens with zero attached hydrogens (tertiary/aromatic N) is 7. The molecule has 0 amide bonds. The van der Waals surface area contributed by atoms with Crippen LogP contribution in [0, 0.1) is 5.41 Å². The van der Waals surface area contributed by atoms with Crippen LogP contribution in [0.4, 0.5) is 26.3 Å². The smallest absolute Gasteiger partial charge is 0.405 e. The van der Waals surface area contributed by atoms with Crippen molar-refractivity contribution in [1.29, 1.82) is 5.41 Å². The van der Waals surface area contributed by atoms with E-state index in [0.29, 0.717) is 28.0 Å². The average Bonchev–Trinajstić information content (AvgIpc) is 3.65. The van der Waals surface area contributed by atoms with Crippen molar-refractivity contribution >= 4 is 11.2 Å². The second kappa shape index (κ2) is 9.70. The van der Waals surface area contributed by atoms with Gasteiger partial charge in [0.1, 0.15) is 17.1 Å². The van der Waals surface area contributed by atoms with Crippen LogP contribution in [-0.2, 0) is 26.8 Å². The zero-order valence-electron chi connectivity index (χ0n) is 22.1. The van der Waals surface area contributed by atoms with E-state index in [1.54, 1.807) is 35.9 Å². The highest BCUT2D eigenvalue weighted by atomic mass is 19.4. The van der Waals surface area contributed by atoms with Gasteiger partial charge in [-0.1, -0.05) is 24.3 Å². The molecule has 1 aliphatic carbocycles. The van der Waals surface area contributed by atoms with Crippen LogP contribution in [0.15, 0.2) is 48.9 Å². The lowest BCUT2D eigenvalue weighted by Gasteiger charge is -2.15. The first-order chi connectivity index (χ1) is 19.8. The number of alkyl halides is 6. The van der Waals surface area contributed by atoms with E-state index < -0.39 is 24.0 Å². The van der Waals surface area contributed by atoms with Gasteiger partial charge in [-0.25, -0.2) is 15.0 Å². The molecule has 9 nitrogen and oxygen atoms in total. The van der Waals surface area contributed by atoms with Gasteiger partial charge in [-0.05, 0) is 24.5 Å². The van der Waals surface area contributed by atoms with E-state index in [0.717, 1.165) is 25.1 Å². The molecule has 1 N–H and O–H groups in total. The second-order valence-electron chi connectivity index (χ2n) is 10.0. The third-order valence-electron chi connectivity index (χ3n) is 7.02. The molecule has 1 fully saturated rings. The largest absolute Gasteiger partial charge is 0.573 e. The number of hydrogen-bond acceptors (Lipinski definition) is 6. The van der Waals surface area contributed by atoms with E-state index in [2.05, 4.69) is 24.7 Å². The number of halogens is 6. The van der Waals surface area contributed by atoms with Crippen molar-refractivity contribution in [1.82, 2.24) is 33.6 Å². The molecule has 1 saturated carbocycles. The van der Waals surface area contributed by atoms with Crippen molar-refractivity contribution in [2.45, 2.75) is 37.8 Å². The summed E-state index contributed by atoms with van der Waals surface area (Å²) in [5.41, 5.74) is 1.49. The molecular weight excluding hydrogens is 566 g/mol. The van der Waals surface area contributed by atoms with Crippen molar-refractivity contribution < 1.29 is 31.1 Å². The summed E-state index contributed by atoms with van der Waals surface area (Å²) in [4.78, 5) is 16.9. The summed E-state index contributed by atoms with van der Waals surface area (Å²) in [6.07, 6.45) is -4.34. The first kappa shape index (κ1) is 27.5. The molecule has 1 aliphatic rings. The van der Waals surface area contributed by atoms with Crippen molar-refractivity contribution in [3.8, 4) is 28.5 Å². The first-order valence-corrected chi connectivity index (χ1v) is 12.7. The minimum atomic E-state index is -4.93. The van der Waals surface area contributed by atoms with E-state index in [4.69, 9.17) is 5.41 Å². The van der Waals surface area contributed by atoms with Crippen LogP contribution in [0.5, 0.6) is 5.75 Å². The minimum absolute atomic E-state index is 0.0123. The summed E-state index contributed by atoms with van der Waals surface area (Å²) in [7, 11) is 3.12. The lowest BCUT2D eigenvalue weighted by molar-refractivity contribution is -0.274. The first-order valence-electron chi connectivity index (χ1n) is 12.7. The Balaban J connectivity index is 1.39.